The summed E-state index contributed by atoms with van der Waals surface area (Å²) >= 11 is 6.25. The van der Waals surface area contributed by atoms with E-state index in [9.17, 15) is 4.79 Å². The summed E-state index contributed by atoms with van der Waals surface area (Å²) in [6.45, 7) is 12.6. The van der Waals surface area contributed by atoms with Crippen LogP contribution in [0.4, 0.5) is 22.1 Å². The average Bonchev–Trinajstić information content (AvgIpc) is 3.16. The Bertz CT molecular complexity index is 1280. The number of nitrogens with one attached hydrogen (secondary N) is 1. The van der Waals surface area contributed by atoms with Crippen molar-refractivity contribution in [3.63, 3.8) is 0 Å². The van der Waals surface area contributed by atoms with Gasteiger partial charge in [0.15, 0.2) is 14.1 Å². The molecule has 36 heavy (non-hydrogen) atoms. The molecule has 0 unspecified atom stereocenters. The van der Waals surface area contributed by atoms with Crippen LogP contribution in [0.1, 0.15) is 20.8 Å². The monoisotopic (exact) mass is 521 g/mol. The molecular weight excluding hydrogens is 490 g/mol. The number of benzene rings is 1. The number of pyridine rings is 2. The number of fused-ring (bicyclic) bond motifs is 4. The van der Waals surface area contributed by atoms with Crippen molar-refractivity contribution >= 4 is 43.3 Å². The zero-order valence-electron chi connectivity index (χ0n) is 21.3. The Hall–Kier alpha value is -2.94. The lowest BCUT2D eigenvalue weighted by Gasteiger charge is -2.41. The highest BCUT2D eigenvalue weighted by Crippen LogP contribution is 2.44. The lowest BCUT2D eigenvalue weighted by molar-refractivity contribution is 0.181. The van der Waals surface area contributed by atoms with Gasteiger partial charge < -0.3 is 9.33 Å². The number of anilines is 3. The van der Waals surface area contributed by atoms with Crippen LogP contribution in [0.3, 0.4) is 0 Å². The molecule has 2 aliphatic heterocycles. The summed E-state index contributed by atoms with van der Waals surface area (Å²) < 4.78 is 6.88. The molecule has 1 saturated heterocycles. The summed E-state index contributed by atoms with van der Waals surface area (Å²) in [6, 6.07) is 16.7. The molecule has 2 bridgehead atoms. The van der Waals surface area contributed by atoms with Gasteiger partial charge >= 0.3 is 6.03 Å². The van der Waals surface area contributed by atoms with Gasteiger partial charge in [-0.2, -0.15) is 0 Å². The summed E-state index contributed by atoms with van der Waals surface area (Å²) in [7, 11) is -2.07. The number of rotatable bonds is 4. The van der Waals surface area contributed by atoms with E-state index in [1.165, 1.54) is 0 Å². The van der Waals surface area contributed by atoms with Crippen molar-refractivity contribution in [2.45, 2.75) is 51.0 Å². The van der Waals surface area contributed by atoms with Gasteiger partial charge in [0.2, 0.25) is 0 Å². The lowest BCUT2D eigenvalue weighted by atomic mass is 10.1. The number of nitrogens with zero attached hydrogens (tertiary/aromatic N) is 4. The maximum Gasteiger partial charge on any atom is 0.329 e. The molecule has 1 fully saturated rings. The second kappa shape index (κ2) is 9.17. The predicted molar refractivity (Wildman–Crippen MR) is 148 cm³/mol. The number of carbonyl (C=O) groups excluding carboxylic acids is 1. The van der Waals surface area contributed by atoms with Crippen molar-refractivity contribution in [2.24, 2.45) is 0 Å². The minimum atomic E-state index is -2.07. The zero-order chi connectivity index (χ0) is 25.7. The van der Waals surface area contributed by atoms with Crippen LogP contribution >= 0.6 is 11.6 Å². The Morgan fingerprint density at radius 2 is 1.92 bits per heavy atom. The first-order valence-corrected chi connectivity index (χ1v) is 15.5. The minimum Gasteiger partial charge on any atom is -0.410 e. The summed E-state index contributed by atoms with van der Waals surface area (Å²) in [5, 5.41) is 3.67. The molecule has 1 N–H and O–H groups in total. The van der Waals surface area contributed by atoms with Gasteiger partial charge in [-0.1, -0.05) is 50.6 Å². The smallest absolute Gasteiger partial charge is 0.329 e. The van der Waals surface area contributed by atoms with Gasteiger partial charge in [-0.15, -0.1) is 0 Å². The average molecular weight is 522 g/mol. The summed E-state index contributed by atoms with van der Waals surface area (Å²) in [4.78, 5) is 27.1. The molecule has 188 valence electrons. The quantitative estimate of drug-likeness (QED) is 0.401. The Kier molecular flexibility index (Phi) is 6.30. The number of aromatic nitrogens is 2. The number of urea groups is 1. The Labute approximate surface area is 218 Å². The standard InChI is InChI=1S/C27H32ClN5O2Si/c1-27(2,3)36(4,5)35-23-17-32-16-22(23)33(26(34)31-24-11-6-7-14-29-24)25-21(32)13-12-20(30-25)18-9-8-10-19(28)15-18/h6-15,22-23H,16-17H2,1-5H3,(H,29,31,34)/t22-,23-/m1/s1. The normalized spacial score (nSPS) is 19.3. The van der Waals surface area contributed by atoms with Gasteiger partial charge in [0.05, 0.1) is 23.5 Å². The fraction of sp³-hybridized carbons (Fsp3) is 0.370. The van der Waals surface area contributed by atoms with Crippen molar-refractivity contribution in [1.29, 1.82) is 0 Å². The number of hydrogen-bond acceptors (Lipinski definition) is 5. The maximum atomic E-state index is 13.8. The van der Waals surface area contributed by atoms with Gasteiger partial charge in [-0.25, -0.2) is 14.8 Å². The molecule has 2 aromatic heterocycles. The Morgan fingerprint density at radius 3 is 2.61 bits per heavy atom. The van der Waals surface area contributed by atoms with Gasteiger partial charge in [0.25, 0.3) is 0 Å². The number of amides is 2. The number of carbonyl (C=O) groups is 1. The molecule has 0 saturated carbocycles. The molecule has 0 spiro atoms. The highest BCUT2D eigenvalue weighted by atomic mass is 35.5. The van der Waals surface area contributed by atoms with Crippen molar-refractivity contribution in [3.8, 4) is 11.3 Å². The topological polar surface area (TPSA) is 70.6 Å². The molecule has 7 nitrogen and oxygen atoms in total. The first kappa shape index (κ1) is 24.7. The van der Waals surface area contributed by atoms with Crippen molar-refractivity contribution in [1.82, 2.24) is 9.97 Å². The molecular formula is C27H32ClN5O2Si. The summed E-state index contributed by atoms with van der Waals surface area (Å²) in [6.07, 6.45) is 1.54. The van der Waals surface area contributed by atoms with Gasteiger partial charge in [-0.3, -0.25) is 10.2 Å². The van der Waals surface area contributed by atoms with Gasteiger partial charge in [0.1, 0.15) is 5.82 Å². The van der Waals surface area contributed by atoms with Crippen LogP contribution in [0, 0.1) is 0 Å². The van der Waals surface area contributed by atoms with E-state index in [1.807, 2.05) is 48.5 Å². The molecule has 5 rings (SSSR count). The molecule has 3 aromatic rings. The SMILES string of the molecule is CC(C)(C)[Si](C)(C)O[C@@H]1CN2C[C@H]1N(C(=O)Nc1ccccn1)c1nc(-c3cccc(Cl)c3)ccc12. The van der Waals surface area contributed by atoms with Gasteiger partial charge in [-0.05, 0) is 54.5 Å². The lowest BCUT2D eigenvalue weighted by Crippen LogP contribution is -2.55. The molecule has 1 aromatic carbocycles. The van der Waals surface area contributed by atoms with Crippen molar-refractivity contribution < 1.29 is 9.22 Å². The maximum absolute atomic E-state index is 13.8. The van der Waals surface area contributed by atoms with Crippen LogP contribution in [0.2, 0.25) is 23.2 Å². The van der Waals surface area contributed by atoms with Crippen molar-refractivity contribution in [3.05, 3.63) is 65.8 Å². The third-order valence-corrected chi connectivity index (χ3v) is 12.2. The largest absolute Gasteiger partial charge is 0.410 e. The summed E-state index contributed by atoms with van der Waals surface area (Å²) in [5.74, 6) is 1.12. The first-order chi connectivity index (χ1) is 17.0. The molecule has 2 aliphatic rings. The third-order valence-electron chi connectivity index (χ3n) is 7.48. The van der Waals surface area contributed by atoms with Crippen LogP contribution in [-0.4, -0.2) is 49.6 Å². The predicted octanol–water partition coefficient (Wildman–Crippen LogP) is 6.43. The molecule has 9 heteroatoms. The molecule has 0 aliphatic carbocycles. The van der Waals surface area contributed by atoms with Crippen LogP contribution in [0.25, 0.3) is 11.3 Å². The second-order valence-electron chi connectivity index (χ2n) is 11.0. The van der Waals surface area contributed by atoms with Crippen LogP contribution < -0.4 is 15.1 Å². The van der Waals surface area contributed by atoms with E-state index in [4.69, 9.17) is 21.0 Å². The van der Waals surface area contributed by atoms with E-state index in [0.29, 0.717) is 23.2 Å². The first-order valence-electron chi connectivity index (χ1n) is 12.2. The highest BCUT2D eigenvalue weighted by Gasteiger charge is 2.50. The van der Waals surface area contributed by atoms with Crippen molar-refractivity contribution in [2.75, 3.05) is 28.2 Å². The van der Waals surface area contributed by atoms with Crippen LogP contribution in [0.5, 0.6) is 0 Å². The van der Waals surface area contributed by atoms with E-state index < -0.39 is 8.32 Å². The molecule has 0 radical (unpaired) electrons. The van der Waals surface area contributed by atoms with E-state index >= 15 is 0 Å². The number of halogens is 1. The molecule has 2 atom stereocenters. The Morgan fingerprint density at radius 1 is 1.11 bits per heavy atom. The highest BCUT2D eigenvalue weighted by molar-refractivity contribution is 6.74. The van der Waals surface area contributed by atoms with E-state index in [2.05, 4.69) is 49.1 Å². The van der Waals surface area contributed by atoms with Crippen LogP contribution in [-0.2, 0) is 4.43 Å². The second-order valence-corrected chi connectivity index (χ2v) is 16.1. The zero-order valence-corrected chi connectivity index (χ0v) is 23.1. The molecule has 4 heterocycles. The van der Waals surface area contributed by atoms with Crippen LogP contribution in [0.15, 0.2) is 60.8 Å². The number of hydrogen-bond donors (Lipinski definition) is 1. The fourth-order valence-electron chi connectivity index (χ4n) is 4.56. The van der Waals surface area contributed by atoms with Gasteiger partial charge in [0, 0.05) is 29.9 Å². The fourth-order valence-corrected chi connectivity index (χ4v) is 6.09. The molecule has 2 amide bonds. The Balaban J connectivity index is 1.55. The van der Waals surface area contributed by atoms with E-state index in [-0.39, 0.29) is 23.2 Å². The van der Waals surface area contributed by atoms with E-state index in [0.717, 1.165) is 23.5 Å². The summed E-state index contributed by atoms with van der Waals surface area (Å²) in [5.41, 5.74) is 2.59. The van der Waals surface area contributed by atoms with E-state index in [1.54, 1.807) is 17.2 Å². The third kappa shape index (κ3) is 4.60. The minimum absolute atomic E-state index is 0.0604.